The normalized spacial score (nSPS) is 23.6. The molecule has 0 radical (unpaired) electrons. The van der Waals surface area contributed by atoms with Crippen molar-refractivity contribution in [2.24, 2.45) is 4.99 Å². The molecule has 7 heteroatoms. The van der Waals surface area contributed by atoms with E-state index in [0.29, 0.717) is 6.42 Å². The molecule has 2 N–H and O–H groups in total. The van der Waals surface area contributed by atoms with Crippen molar-refractivity contribution in [3.63, 3.8) is 0 Å². The Morgan fingerprint density at radius 2 is 2.04 bits per heavy atom. The van der Waals surface area contributed by atoms with Gasteiger partial charge in [0.05, 0.1) is 18.1 Å². The van der Waals surface area contributed by atoms with E-state index in [0.717, 1.165) is 19.0 Å². The van der Waals surface area contributed by atoms with Crippen LogP contribution in [0.2, 0.25) is 0 Å². The number of aryl methyl sites for hydroxylation is 1. The maximum absolute atomic E-state index is 11.6. The smallest absolute Gasteiger partial charge is 0.191 e. The van der Waals surface area contributed by atoms with Crippen molar-refractivity contribution in [2.75, 3.05) is 24.6 Å². The lowest BCUT2D eigenvalue weighted by Crippen LogP contribution is -2.44. The molecule has 1 aromatic carbocycles. The molecular weight excluding hydrogens is 449 g/mol. The number of benzene rings is 1. The van der Waals surface area contributed by atoms with Crippen LogP contribution in [-0.4, -0.2) is 45.0 Å². The van der Waals surface area contributed by atoms with E-state index in [4.69, 9.17) is 4.99 Å². The zero-order chi connectivity index (χ0) is 17.2. The van der Waals surface area contributed by atoms with Gasteiger partial charge in [0.2, 0.25) is 0 Å². The van der Waals surface area contributed by atoms with Gasteiger partial charge in [-0.2, -0.15) is 0 Å². The van der Waals surface area contributed by atoms with Gasteiger partial charge in [-0.05, 0) is 44.2 Å². The second kappa shape index (κ2) is 8.24. The SMILES string of the molecule is CCNC(=NCC1(c2ccccc2C)CC1)NC1CCS(=O)(=O)C1.I. The number of rotatable bonds is 5. The molecular formula is C18H28IN3O2S. The predicted molar refractivity (Wildman–Crippen MR) is 114 cm³/mol. The van der Waals surface area contributed by atoms with Crippen molar-refractivity contribution in [1.82, 2.24) is 10.6 Å². The molecule has 1 saturated carbocycles. The Balaban J connectivity index is 0.00000225. The summed E-state index contributed by atoms with van der Waals surface area (Å²) in [5.41, 5.74) is 2.88. The first-order valence-corrected chi connectivity index (χ1v) is 10.6. The lowest BCUT2D eigenvalue weighted by atomic mass is 9.92. The first-order valence-electron chi connectivity index (χ1n) is 8.75. The van der Waals surface area contributed by atoms with Gasteiger partial charge in [-0.25, -0.2) is 8.42 Å². The van der Waals surface area contributed by atoms with E-state index in [-0.39, 0.29) is 46.9 Å². The molecule has 0 aromatic heterocycles. The second-order valence-electron chi connectivity index (χ2n) is 7.03. The molecule has 3 rings (SSSR count). The topological polar surface area (TPSA) is 70.6 Å². The number of hydrogen-bond acceptors (Lipinski definition) is 3. The van der Waals surface area contributed by atoms with Crippen LogP contribution in [0, 0.1) is 6.92 Å². The van der Waals surface area contributed by atoms with Gasteiger partial charge in [0.15, 0.2) is 15.8 Å². The van der Waals surface area contributed by atoms with Crippen molar-refractivity contribution in [3.05, 3.63) is 35.4 Å². The fourth-order valence-electron chi connectivity index (χ4n) is 3.48. The van der Waals surface area contributed by atoms with Crippen molar-refractivity contribution < 1.29 is 8.42 Å². The lowest BCUT2D eigenvalue weighted by Gasteiger charge is -2.19. The monoisotopic (exact) mass is 477 g/mol. The van der Waals surface area contributed by atoms with Crippen LogP contribution in [-0.2, 0) is 15.3 Å². The maximum Gasteiger partial charge on any atom is 0.191 e. The van der Waals surface area contributed by atoms with Gasteiger partial charge < -0.3 is 10.6 Å². The summed E-state index contributed by atoms with van der Waals surface area (Å²) in [5, 5.41) is 6.55. The molecule has 2 fully saturated rings. The van der Waals surface area contributed by atoms with Gasteiger partial charge in [0.1, 0.15) is 0 Å². The number of nitrogens with zero attached hydrogens (tertiary/aromatic N) is 1. The molecule has 1 heterocycles. The zero-order valence-corrected chi connectivity index (χ0v) is 18.1. The van der Waals surface area contributed by atoms with Crippen molar-refractivity contribution >= 4 is 39.8 Å². The molecule has 1 saturated heterocycles. The number of aliphatic imine (C=N–C) groups is 1. The van der Waals surface area contributed by atoms with Crippen LogP contribution in [0.4, 0.5) is 0 Å². The summed E-state index contributed by atoms with van der Waals surface area (Å²) in [6, 6.07) is 8.51. The zero-order valence-electron chi connectivity index (χ0n) is 14.9. The highest BCUT2D eigenvalue weighted by molar-refractivity contribution is 14.0. The molecule has 0 amide bonds. The summed E-state index contributed by atoms with van der Waals surface area (Å²) < 4.78 is 23.3. The summed E-state index contributed by atoms with van der Waals surface area (Å²) in [6.45, 7) is 5.69. The molecule has 0 spiro atoms. The van der Waals surface area contributed by atoms with Crippen LogP contribution >= 0.6 is 24.0 Å². The molecule has 1 aliphatic carbocycles. The van der Waals surface area contributed by atoms with Crippen LogP contribution < -0.4 is 10.6 Å². The fraction of sp³-hybridized carbons (Fsp3) is 0.611. The largest absolute Gasteiger partial charge is 0.357 e. The minimum atomic E-state index is -2.88. The van der Waals surface area contributed by atoms with Crippen LogP contribution in [0.15, 0.2) is 29.3 Å². The standard InChI is InChI=1S/C18H27N3O2S.HI/c1-3-19-17(21-15-8-11-24(22,23)12-15)20-13-18(9-10-18)16-7-5-4-6-14(16)2;/h4-7,15H,3,8-13H2,1-2H3,(H2,19,20,21);1H. The molecule has 1 unspecified atom stereocenters. The molecule has 1 atom stereocenters. The molecule has 2 aliphatic rings. The van der Waals surface area contributed by atoms with Crippen molar-refractivity contribution in [2.45, 2.75) is 44.6 Å². The minimum absolute atomic E-state index is 0. The van der Waals surface area contributed by atoms with E-state index >= 15 is 0 Å². The lowest BCUT2D eigenvalue weighted by molar-refractivity contribution is 0.599. The third-order valence-electron chi connectivity index (χ3n) is 5.03. The molecule has 0 bridgehead atoms. The van der Waals surface area contributed by atoms with Crippen LogP contribution in [0.25, 0.3) is 0 Å². The Labute approximate surface area is 168 Å². The van der Waals surface area contributed by atoms with E-state index in [9.17, 15) is 8.42 Å². The van der Waals surface area contributed by atoms with Gasteiger partial charge in [-0.1, -0.05) is 24.3 Å². The third kappa shape index (κ3) is 5.09. The molecule has 140 valence electrons. The van der Waals surface area contributed by atoms with Crippen LogP contribution in [0.5, 0.6) is 0 Å². The molecule has 5 nitrogen and oxygen atoms in total. The van der Waals surface area contributed by atoms with Crippen LogP contribution in [0.3, 0.4) is 0 Å². The predicted octanol–water partition coefficient (Wildman–Crippen LogP) is 2.39. The minimum Gasteiger partial charge on any atom is -0.357 e. The Morgan fingerprint density at radius 1 is 1.32 bits per heavy atom. The van der Waals surface area contributed by atoms with Crippen LogP contribution in [0.1, 0.15) is 37.3 Å². The Bertz CT molecular complexity index is 730. The molecule has 25 heavy (non-hydrogen) atoms. The summed E-state index contributed by atoms with van der Waals surface area (Å²) in [5.74, 6) is 1.22. The van der Waals surface area contributed by atoms with E-state index in [2.05, 4.69) is 41.8 Å². The number of halogens is 1. The van der Waals surface area contributed by atoms with Crippen molar-refractivity contribution in [1.29, 1.82) is 0 Å². The number of guanidine groups is 1. The van der Waals surface area contributed by atoms with E-state index in [1.807, 2.05) is 6.92 Å². The van der Waals surface area contributed by atoms with E-state index in [1.165, 1.54) is 24.0 Å². The van der Waals surface area contributed by atoms with E-state index < -0.39 is 9.84 Å². The molecule has 1 aliphatic heterocycles. The van der Waals surface area contributed by atoms with Gasteiger partial charge in [0, 0.05) is 18.0 Å². The van der Waals surface area contributed by atoms with Gasteiger partial charge in [0.25, 0.3) is 0 Å². The van der Waals surface area contributed by atoms with Crippen molar-refractivity contribution in [3.8, 4) is 0 Å². The summed E-state index contributed by atoms with van der Waals surface area (Å²) in [4.78, 5) is 4.78. The average molecular weight is 477 g/mol. The first-order chi connectivity index (χ1) is 11.4. The highest BCUT2D eigenvalue weighted by Crippen LogP contribution is 2.49. The summed E-state index contributed by atoms with van der Waals surface area (Å²) in [7, 11) is -2.88. The summed E-state index contributed by atoms with van der Waals surface area (Å²) in [6.07, 6.45) is 2.99. The number of nitrogens with one attached hydrogen (secondary N) is 2. The Hall–Kier alpha value is -0.830. The van der Waals surface area contributed by atoms with E-state index in [1.54, 1.807) is 0 Å². The average Bonchev–Trinajstić information content (AvgIpc) is 3.24. The quantitative estimate of drug-likeness (QED) is 0.388. The highest BCUT2D eigenvalue weighted by atomic mass is 127. The fourth-order valence-corrected chi connectivity index (χ4v) is 5.16. The van der Waals surface area contributed by atoms with Gasteiger partial charge in [-0.3, -0.25) is 4.99 Å². The summed E-state index contributed by atoms with van der Waals surface area (Å²) >= 11 is 0. The van der Waals surface area contributed by atoms with Gasteiger partial charge in [-0.15, -0.1) is 24.0 Å². The van der Waals surface area contributed by atoms with Gasteiger partial charge >= 0.3 is 0 Å². The number of hydrogen-bond donors (Lipinski definition) is 2. The maximum atomic E-state index is 11.6. The Morgan fingerprint density at radius 3 is 2.60 bits per heavy atom. The highest BCUT2D eigenvalue weighted by Gasteiger charge is 2.45. The molecule has 1 aromatic rings. The third-order valence-corrected chi connectivity index (χ3v) is 6.80. The number of sulfone groups is 1. The second-order valence-corrected chi connectivity index (χ2v) is 9.26. The Kier molecular flexibility index (Phi) is 6.75. The first kappa shape index (κ1) is 20.5.